The summed E-state index contributed by atoms with van der Waals surface area (Å²) in [6, 6.07) is 1.59. The molecule has 8 heteroatoms. The molecule has 2 aromatic rings. The van der Waals surface area contributed by atoms with Crippen LogP contribution in [0.2, 0.25) is 0 Å². The maximum atomic E-state index is 11.2. The Morgan fingerprint density at radius 3 is 3.05 bits per heavy atom. The minimum Gasteiger partial charge on any atom is -0.467 e. The van der Waals surface area contributed by atoms with E-state index in [4.69, 9.17) is 10.2 Å². The molecule has 2 heterocycles. The second-order valence-corrected chi connectivity index (χ2v) is 4.04. The smallest absolute Gasteiger partial charge is 0.341 e. The van der Waals surface area contributed by atoms with Gasteiger partial charge in [-0.1, -0.05) is 0 Å². The molecule has 0 radical (unpaired) electrons. The number of ether oxygens (including phenoxy) is 1. The summed E-state index contributed by atoms with van der Waals surface area (Å²) >= 11 is 0. The number of furan rings is 1. The molecule has 0 aliphatic rings. The van der Waals surface area contributed by atoms with Crippen molar-refractivity contribution >= 4 is 17.6 Å². The third-order valence-electron chi connectivity index (χ3n) is 2.49. The molecule has 20 heavy (non-hydrogen) atoms. The van der Waals surface area contributed by atoms with Gasteiger partial charge in [0.25, 0.3) is 0 Å². The molecular formula is C12H14N4O4. The minimum atomic E-state index is -0.464. The van der Waals surface area contributed by atoms with Gasteiger partial charge in [-0.2, -0.15) is 5.10 Å². The molecule has 2 aromatic heterocycles. The lowest BCUT2D eigenvalue weighted by Crippen LogP contribution is -2.18. The Balaban J connectivity index is 1.91. The first kappa shape index (κ1) is 13.7. The van der Waals surface area contributed by atoms with Gasteiger partial charge in [0.1, 0.15) is 18.6 Å². The fourth-order valence-corrected chi connectivity index (χ4v) is 1.59. The van der Waals surface area contributed by atoms with Crippen LogP contribution in [0.1, 0.15) is 16.1 Å². The first-order valence-electron chi connectivity index (χ1n) is 5.79. The van der Waals surface area contributed by atoms with Crippen LogP contribution in [0.15, 0.2) is 29.1 Å². The molecule has 0 unspecified atom stereocenters. The summed E-state index contributed by atoms with van der Waals surface area (Å²) in [6.45, 7) is 0.397. The second kappa shape index (κ2) is 5.91. The highest BCUT2D eigenvalue weighted by Crippen LogP contribution is 2.12. The molecule has 2 rings (SSSR count). The number of amides is 1. The normalized spacial score (nSPS) is 10.2. The van der Waals surface area contributed by atoms with E-state index in [1.165, 1.54) is 18.1 Å². The number of nitrogens with one attached hydrogen (secondary N) is 1. The second-order valence-electron chi connectivity index (χ2n) is 4.04. The van der Waals surface area contributed by atoms with Crippen molar-refractivity contribution in [3.8, 4) is 0 Å². The van der Waals surface area contributed by atoms with Crippen LogP contribution in [-0.2, 0) is 22.6 Å². The maximum absolute atomic E-state index is 11.2. The molecule has 0 atom stereocenters. The molecule has 0 aliphatic carbocycles. The van der Waals surface area contributed by atoms with Crippen molar-refractivity contribution in [3.63, 3.8) is 0 Å². The lowest BCUT2D eigenvalue weighted by atomic mass is 10.3. The van der Waals surface area contributed by atoms with Gasteiger partial charge in [0.15, 0.2) is 0 Å². The zero-order valence-electron chi connectivity index (χ0n) is 10.8. The highest BCUT2D eigenvalue weighted by Gasteiger charge is 2.10. The number of nitrogens with two attached hydrogens (primary N) is 1. The zero-order valence-corrected chi connectivity index (χ0v) is 10.8. The number of carbonyl (C=O) groups excluding carboxylic acids is 2. The van der Waals surface area contributed by atoms with E-state index in [1.807, 2.05) is 0 Å². The molecule has 0 saturated carbocycles. The highest BCUT2D eigenvalue weighted by molar-refractivity contribution is 5.89. The number of esters is 1. The quantitative estimate of drug-likeness (QED) is 0.738. The fraction of sp³-hybridized carbons (Fsp3) is 0.250. The van der Waals surface area contributed by atoms with Gasteiger partial charge in [0.2, 0.25) is 5.91 Å². The molecule has 1 amide bonds. The van der Waals surface area contributed by atoms with Crippen LogP contribution >= 0.6 is 0 Å². The summed E-state index contributed by atoms with van der Waals surface area (Å²) in [5.41, 5.74) is 6.13. The molecule has 0 aliphatic heterocycles. The Kier molecular flexibility index (Phi) is 4.04. The number of hydrogen-bond acceptors (Lipinski definition) is 6. The Hall–Kier alpha value is -2.77. The third kappa shape index (κ3) is 3.37. The van der Waals surface area contributed by atoms with Gasteiger partial charge in [0, 0.05) is 6.20 Å². The number of hydrogen-bond donors (Lipinski definition) is 2. The first-order valence-corrected chi connectivity index (χ1v) is 5.79. The molecule has 0 spiro atoms. The van der Waals surface area contributed by atoms with Gasteiger partial charge >= 0.3 is 5.97 Å². The van der Waals surface area contributed by atoms with Gasteiger partial charge in [-0.05, 0) is 6.07 Å². The molecule has 3 N–H and O–H groups in total. The van der Waals surface area contributed by atoms with Crippen molar-refractivity contribution in [2.45, 2.75) is 13.1 Å². The van der Waals surface area contributed by atoms with E-state index in [9.17, 15) is 9.59 Å². The minimum absolute atomic E-state index is 0.0227. The van der Waals surface area contributed by atoms with Gasteiger partial charge in [-0.3, -0.25) is 9.48 Å². The summed E-state index contributed by atoms with van der Waals surface area (Å²) in [7, 11) is 1.31. The molecule has 0 fully saturated rings. The number of methoxy groups -OCH3 is 1. The molecule has 106 valence electrons. The average molecular weight is 278 g/mol. The summed E-state index contributed by atoms with van der Waals surface area (Å²) in [5.74, 6) is -0.337. The van der Waals surface area contributed by atoms with Crippen LogP contribution in [0.4, 0.5) is 5.69 Å². The summed E-state index contributed by atoms with van der Waals surface area (Å²) in [4.78, 5) is 22.0. The fourth-order valence-electron chi connectivity index (χ4n) is 1.59. The van der Waals surface area contributed by atoms with Crippen LogP contribution in [0.5, 0.6) is 0 Å². The van der Waals surface area contributed by atoms with Gasteiger partial charge in [-0.25, -0.2) is 4.79 Å². The van der Waals surface area contributed by atoms with Crippen LogP contribution in [0, 0.1) is 0 Å². The van der Waals surface area contributed by atoms with E-state index < -0.39 is 11.9 Å². The molecule has 0 saturated heterocycles. The number of anilines is 1. The standard InChI is InChI=1S/C12H14N4O4/c1-19-12(18)8-2-10(20-7-8)4-14-9-3-15-16(5-9)6-11(13)17/h2-3,5,7,14H,4,6H2,1H3,(H2,13,17). The molecule has 0 aromatic carbocycles. The van der Waals surface area contributed by atoms with Gasteiger partial charge in [-0.15, -0.1) is 0 Å². The summed E-state index contributed by atoms with van der Waals surface area (Å²) < 4.78 is 11.2. The van der Waals surface area contributed by atoms with Gasteiger partial charge < -0.3 is 20.2 Å². The van der Waals surface area contributed by atoms with E-state index in [-0.39, 0.29) is 6.54 Å². The average Bonchev–Trinajstić information content (AvgIpc) is 3.04. The monoisotopic (exact) mass is 278 g/mol. The Morgan fingerprint density at radius 2 is 2.35 bits per heavy atom. The van der Waals surface area contributed by atoms with E-state index in [0.717, 1.165) is 0 Å². The highest BCUT2D eigenvalue weighted by atomic mass is 16.5. The van der Waals surface area contributed by atoms with Crippen LogP contribution in [0.25, 0.3) is 0 Å². The largest absolute Gasteiger partial charge is 0.467 e. The number of carbonyl (C=O) groups is 2. The summed E-state index contributed by atoms with van der Waals surface area (Å²) in [6.07, 6.45) is 4.54. The van der Waals surface area contributed by atoms with Crippen LogP contribution in [-0.4, -0.2) is 28.8 Å². The third-order valence-corrected chi connectivity index (χ3v) is 2.49. The molecular weight excluding hydrogens is 264 g/mol. The molecule has 0 bridgehead atoms. The van der Waals surface area contributed by atoms with Crippen molar-refractivity contribution in [1.82, 2.24) is 9.78 Å². The van der Waals surface area contributed by atoms with Crippen molar-refractivity contribution in [3.05, 3.63) is 36.0 Å². The lowest BCUT2D eigenvalue weighted by Gasteiger charge is -1.99. The number of primary amides is 1. The number of aromatic nitrogens is 2. The Bertz CT molecular complexity index is 617. The summed E-state index contributed by atoms with van der Waals surface area (Å²) in [5, 5.41) is 7.01. The number of rotatable bonds is 6. The van der Waals surface area contributed by atoms with Crippen molar-refractivity contribution in [1.29, 1.82) is 0 Å². The lowest BCUT2D eigenvalue weighted by molar-refractivity contribution is -0.118. The first-order chi connectivity index (χ1) is 9.58. The predicted molar refractivity (Wildman–Crippen MR) is 68.8 cm³/mol. The van der Waals surface area contributed by atoms with Crippen molar-refractivity contribution in [2.75, 3.05) is 12.4 Å². The SMILES string of the molecule is COC(=O)c1coc(CNc2cnn(CC(N)=O)c2)c1. The zero-order chi connectivity index (χ0) is 14.5. The van der Waals surface area contributed by atoms with Crippen molar-refractivity contribution < 1.29 is 18.7 Å². The Morgan fingerprint density at radius 1 is 1.55 bits per heavy atom. The number of nitrogens with zero attached hydrogens (tertiary/aromatic N) is 2. The molecule has 8 nitrogen and oxygen atoms in total. The predicted octanol–water partition coefficient (Wildman–Crippen LogP) is 0.360. The van der Waals surface area contributed by atoms with E-state index >= 15 is 0 Å². The van der Waals surface area contributed by atoms with E-state index in [0.29, 0.717) is 23.6 Å². The van der Waals surface area contributed by atoms with E-state index in [1.54, 1.807) is 18.5 Å². The van der Waals surface area contributed by atoms with Gasteiger partial charge in [0.05, 0.1) is 31.1 Å². The van der Waals surface area contributed by atoms with Crippen LogP contribution in [0.3, 0.4) is 0 Å². The van der Waals surface area contributed by atoms with Crippen LogP contribution < -0.4 is 11.1 Å². The topological polar surface area (TPSA) is 112 Å². The van der Waals surface area contributed by atoms with E-state index in [2.05, 4.69) is 15.2 Å². The Labute approximate surface area is 114 Å². The maximum Gasteiger partial charge on any atom is 0.341 e. The van der Waals surface area contributed by atoms with Crippen molar-refractivity contribution in [2.24, 2.45) is 5.73 Å².